The number of ether oxygens (including phenoxy) is 1. The molecule has 0 N–H and O–H groups in total. The lowest BCUT2D eigenvalue weighted by atomic mass is 9.99. The zero-order chi connectivity index (χ0) is 19.7. The Bertz CT molecular complexity index is 953. The van der Waals surface area contributed by atoms with Crippen molar-refractivity contribution in [1.82, 2.24) is 9.88 Å². The number of Topliss-reactive ketones (excluding diaryl/α,β-unsaturated/α-hetero) is 1. The smallest absolute Gasteiger partial charge is 0.339 e. The van der Waals surface area contributed by atoms with Crippen LogP contribution >= 0.6 is 0 Å². The van der Waals surface area contributed by atoms with Gasteiger partial charge in [-0.3, -0.25) is 14.6 Å². The Hall–Kier alpha value is -3.02. The maximum atomic E-state index is 13.0. The predicted octanol–water partition coefficient (Wildman–Crippen LogP) is 2.70. The van der Waals surface area contributed by atoms with Crippen LogP contribution in [0.15, 0.2) is 36.7 Å². The van der Waals surface area contributed by atoms with Crippen LogP contribution in [0.1, 0.15) is 55.0 Å². The van der Waals surface area contributed by atoms with E-state index in [2.05, 4.69) is 4.98 Å². The number of amides is 1. The number of ketones is 1. The van der Waals surface area contributed by atoms with E-state index in [-0.39, 0.29) is 11.7 Å². The summed E-state index contributed by atoms with van der Waals surface area (Å²) in [5.74, 6) is 0.0551. The zero-order valence-electron chi connectivity index (χ0n) is 15.8. The second-order valence-corrected chi connectivity index (χ2v) is 7.44. The number of benzene rings is 1. The molecule has 0 radical (unpaired) electrons. The zero-order valence-corrected chi connectivity index (χ0v) is 15.8. The van der Waals surface area contributed by atoms with Crippen LogP contribution in [0.4, 0.5) is 0 Å². The van der Waals surface area contributed by atoms with Crippen LogP contribution < -0.4 is 0 Å². The minimum atomic E-state index is -0.398. The second-order valence-electron chi connectivity index (χ2n) is 7.44. The maximum absolute atomic E-state index is 13.0. The van der Waals surface area contributed by atoms with Crippen molar-refractivity contribution in [3.8, 4) is 0 Å². The minimum absolute atomic E-state index is 0.00971. The molecule has 1 atom stereocenters. The standard InChI is InChI=1S/C22H22N2O4/c1-28-22(27)16-10-15(11-23-12-16)9-14-7-8-24(13-14)21(26)19-4-2-3-18-17(19)5-6-20(18)25/h2-4,10-12,14H,5-9,13H2,1H3. The molecule has 1 amide bonds. The molecule has 144 valence electrons. The van der Waals surface area contributed by atoms with Crippen LogP contribution in [0, 0.1) is 5.92 Å². The van der Waals surface area contributed by atoms with Crippen molar-refractivity contribution < 1.29 is 19.1 Å². The van der Waals surface area contributed by atoms with E-state index in [4.69, 9.17) is 4.74 Å². The molecule has 4 rings (SSSR count). The van der Waals surface area contributed by atoms with Gasteiger partial charge in [-0.25, -0.2) is 4.79 Å². The number of methoxy groups -OCH3 is 1. The van der Waals surface area contributed by atoms with E-state index in [9.17, 15) is 14.4 Å². The van der Waals surface area contributed by atoms with Crippen molar-refractivity contribution in [2.24, 2.45) is 5.92 Å². The molecule has 0 bridgehead atoms. The Balaban J connectivity index is 1.45. The lowest BCUT2D eigenvalue weighted by molar-refractivity contribution is 0.0599. The van der Waals surface area contributed by atoms with Gasteiger partial charge in [0.15, 0.2) is 5.78 Å². The largest absolute Gasteiger partial charge is 0.465 e. The molecule has 2 aliphatic rings. The number of hydrogen-bond acceptors (Lipinski definition) is 5. The van der Waals surface area contributed by atoms with Gasteiger partial charge in [-0.15, -0.1) is 0 Å². The highest BCUT2D eigenvalue weighted by molar-refractivity contribution is 6.05. The average Bonchev–Trinajstić information content (AvgIpc) is 3.34. The summed E-state index contributed by atoms with van der Waals surface area (Å²) in [5, 5.41) is 0. The van der Waals surface area contributed by atoms with Gasteiger partial charge in [0.25, 0.3) is 5.91 Å². The van der Waals surface area contributed by atoms with E-state index in [1.807, 2.05) is 17.0 Å². The molecule has 0 spiro atoms. The summed E-state index contributed by atoms with van der Waals surface area (Å²) >= 11 is 0. The van der Waals surface area contributed by atoms with Gasteiger partial charge in [0, 0.05) is 43.0 Å². The first-order chi connectivity index (χ1) is 13.6. The SMILES string of the molecule is COC(=O)c1cncc(CC2CCN(C(=O)c3cccc4c3CCC4=O)C2)c1. The molecule has 1 aromatic heterocycles. The Morgan fingerprint density at radius 2 is 2.11 bits per heavy atom. The normalized spacial score (nSPS) is 18.2. The molecule has 1 aromatic carbocycles. The monoisotopic (exact) mass is 378 g/mol. The molecule has 1 aliphatic heterocycles. The van der Waals surface area contributed by atoms with E-state index in [1.165, 1.54) is 13.3 Å². The van der Waals surface area contributed by atoms with Crippen molar-refractivity contribution >= 4 is 17.7 Å². The molecule has 6 nitrogen and oxygen atoms in total. The third-order valence-electron chi connectivity index (χ3n) is 5.62. The number of nitrogens with zero attached hydrogens (tertiary/aromatic N) is 2. The lowest BCUT2D eigenvalue weighted by Crippen LogP contribution is -2.29. The summed E-state index contributed by atoms with van der Waals surface area (Å²) in [7, 11) is 1.35. The first kappa shape index (κ1) is 18.3. The summed E-state index contributed by atoms with van der Waals surface area (Å²) in [6, 6.07) is 7.25. The number of aromatic nitrogens is 1. The van der Waals surface area contributed by atoms with Gasteiger partial charge in [-0.05, 0) is 48.4 Å². The number of esters is 1. The van der Waals surface area contributed by atoms with E-state index in [0.29, 0.717) is 48.5 Å². The van der Waals surface area contributed by atoms with Crippen molar-refractivity contribution in [3.05, 3.63) is 64.5 Å². The third-order valence-corrected chi connectivity index (χ3v) is 5.62. The molecule has 1 unspecified atom stereocenters. The number of hydrogen-bond donors (Lipinski definition) is 0. The molecule has 1 fully saturated rings. The van der Waals surface area contributed by atoms with Gasteiger partial charge in [0.2, 0.25) is 0 Å². The minimum Gasteiger partial charge on any atom is -0.465 e. The van der Waals surface area contributed by atoms with Crippen LogP contribution in [0.5, 0.6) is 0 Å². The van der Waals surface area contributed by atoms with Crippen LogP contribution in [-0.2, 0) is 17.6 Å². The summed E-state index contributed by atoms with van der Waals surface area (Å²) in [4.78, 5) is 42.7. The van der Waals surface area contributed by atoms with Gasteiger partial charge >= 0.3 is 5.97 Å². The summed E-state index contributed by atoms with van der Waals surface area (Å²) < 4.78 is 4.75. The number of pyridine rings is 1. The molecule has 0 saturated carbocycles. The molecular formula is C22H22N2O4. The highest BCUT2D eigenvalue weighted by Gasteiger charge is 2.31. The molecule has 1 saturated heterocycles. The highest BCUT2D eigenvalue weighted by atomic mass is 16.5. The number of carbonyl (C=O) groups excluding carboxylic acids is 3. The summed E-state index contributed by atoms with van der Waals surface area (Å²) in [6.45, 7) is 1.37. The molecule has 2 aromatic rings. The van der Waals surface area contributed by atoms with Crippen molar-refractivity contribution in [1.29, 1.82) is 0 Å². The highest BCUT2D eigenvalue weighted by Crippen LogP contribution is 2.28. The van der Waals surface area contributed by atoms with Crippen molar-refractivity contribution in [2.45, 2.75) is 25.7 Å². The molecular weight excluding hydrogens is 356 g/mol. The second kappa shape index (κ2) is 7.54. The Morgan fingerprint density at radius 1 is 1.25 bits per heavy atom. The lowest BCUT2D eigenvalue weighted by Gasteiger charge is -2.18. The van der Waals surface area contributed by atoms with Crippen molar-refractivity contribution in [3.63, 3.8) is 0 Å². The maximum Gasteiger partial charge on any atom is 0.339 e. The first-order valence-electron chi connectivity index (χ1n) is 9.53. The fourth-order valence-corrected chi connectivity index (χ4v) is 4.21. The molecule has 2 heterocycles. The van der Waals surface area contributed by atoms with Gasteiger partial charge < -0.3 is 9.64 Å². The van der Waals surface area contributed by atoms with E-state index in [1.54, 1.807) is 18.3 Å². The van der Waals surface area contributed by atoms with E-state index < -0.39 is 5.97 Å². The van der Waals surface area contributed by atoms with Crippen LogP contribution in [0.2, 0.25) is 0 Å². The average molecular weight is 378 g/mol. The first-order valence-corrected chi connectivity index (χ1v) is 9.53. The predicted molar refractivity (Wildman–Crippen MR) is 102 cm³/mol. The van der Waals surface area contributed by atoms with Crippen LogP contribution in [0.25, 0.3) is 0 Å². The quantitative estimate of drug-likeness (QED) is 0.765. The van der Waals surface area contributed by atoms with E-state index >= 15 is 0 Å². The number of likely N-dealkylation sites (tertiary alicyclic amines) is 1. The van der Waals surface area contributed by atoms with Crippen LogP contribution in [-0.4, -0.2) is 47.7 Å². The van der Waals surface area contributed by atoms with Gasteiger partial charge in [0.1, 0.15) is 0 Å². The Morgan fingerprint density at radius 3 is 2.93 bits per heavy atom. The molecule has 28 heavy (non-hydrogen) atoms. The van der Waals surface area contributed by atoms with Gasteiger partial charge in [0.05, 0.1) is 12.7 Å². The van der Waals surface area contributed by atoms with E-state index in [0.717, 1.165) is 24.0 Å². The fourth-order valence-electron chi connectivity index (χ4n) is 4.21. The van der Waals surface area contributed by atoms with Crippen molar-refractivity contribution in [2.75, 3.05) is 20.2 Å². The number of rotatable bonds is 4. The third kappa shape index (κ3) is 3.42. The van der Waals surface area contributed by atoms with Gasteiger partial charge in [-0.2, -0.15) is 0 Å². The summed E-state index contributed by atoms with van der Waals surface area (Å²) in [5.41, 5.74) is 3.67. The fraction of sp³-hybridized carbons (Fsp3) is 0.364. The Labute approximate surface area is 163 Å². The van der Waals surface area contributed by atoms with Gasteiger partial charge in [-0.1, -0.05) is 12.1 Å². The van der Waals surface area contributed by atoms with Crippen LogP contribution in [0.3, 0.4) is 0 Å². The number of carbonyl (C=O) groups is 3. The summed E-state index contributed by atoms with van der Waals surface area (Å²) in [6.07, 6.45) is 6.06. The number of fused-ring (bicyclic) bond motifs is 1. The Kier molecular flexibility index (Phi) is 4.94. The molecule has 1 aliphatic carbocycles. The molecule has 6 heteroatoms. The topological polar surface area (TPSA) is 76.6 Å².